The van der Waals surface area contributed by atoms with Crippen molar-refractivity contribution in [3.05, 3.63) is 0 Å². The van der Waals surface area contributed by atoms with Crippen molar-refractivity contribution in [3.8, 4) is 0 Å². The van der Waals surface area contributed by atoms with E-state index >= 15 is 0 Å². The monoisotopic (exact) mass is 281 g/mol. The van der Waals surface area contributed by atoms with Crippen LogP contribution in [0.2, 0.25) is 0 Å². The summed E-state index contributed by atoms with van der Waals surface area (Å²) < 4.78 is 0. The molecule has 0 aliphatic heterocycles. The molecule has 2 unspecified atom stereocenters. The van der Waals surface area contributed by atoms with E-state index in [1.54, 1.807) is 0 Å². The van der Waals surface area contributed by atoms with Gasteiger partial charge < -0.3 is 5.73 Å². The van der Waals surface area contributed by atoms with E-state index < -0.39 is 0 Å². The van der Waals surface area contributed by atoms with Crippen LogP contribution in [0.25, 0.3) is 0 Å². The minimum Gasteiger partial charge on any atom is -0.330 e. The molecule has 0 radical (unpaired) electrons. The van der Waals surface area contributed by atoms with Gasteiger partial charge in [-0.15, -0.1) is 0 Å². The summed E-state index contributed by atoms with van der Waals surface area (Å²) in [5.41, 5.74) is 5.70. The maximum atomic E-state index is 5.70. The maximum Gasteiger partial charge on any atom is -0.00746 e. The minimum absolute atomic E-state index is 0.896. The molecular formula is C19H39N. The highest BCUT2D eigenvalue weighted by molar-refractivity contribution is 4.71. The molecule has 1 rings (SSSR count). The third-order valence-electron chi connectivity index (χ3n) is 5.25. The van der Waals surface area contributed by atoms with Gasteiger partial charge in [0.05, 0.1) is 0 Å². The van der Waals surface area contributed by atoms with Gasteiger partial charge >= 0.3 is 0 Å². The van der Waals surface area contributed by atoms with Crippen molar-refractivity contribution in [1.29, 1.82) is 0 Å². The number of hydrogen-bond donors (Lipinski definition) is 1. The lowest BCUT2D eigenvalue weighted by Gasteiger charge is -2.14. The van der Waals surface area contributed by atoms with E-state index in [-0.39, 0.29) is 0 Å². The average Bonchev–Trinajstić information content (AvgIpc) is 2.68. The first-order valence-electron chi connectivity index (χ1n) is 9.56. The molecule has 0 amide bonds. The molecule has 1 aliphatic rings. The third kappa shape index (κ3) is 9.00. The second-order valence-electron chi connectivity index (χ2n) is 7.08. The van der Waals surface area contributed by atoms with E-state index in [1.807, 2.05) is 0 Å². The van der Waals surface area contributed by atoms with Crippen molar-refractivity contribution in [2.24, 2.45) is 17.6 Å². The molecule has 0 aromatic heterocycles. The molecule has 0 saturated heterocycles. The molecule has 0 heterocycles. The molecule has 0 aromatic rings. The van der Waals surface area contributed by atoms with Crippen LogP contribution < -0.4 is 5.73 Å². The smallest absolute Gasteiger partial charge is 0.00746 e. The fourth-order valence-electron chi connectivity index (χ4n) is 3.84. The Hall–Kier alpha value is -0.0400. The highest BCUT2D eigenvalue weighted by Crippen LogP contribution is 2.31. The molecule has 1 fully saturated rings. The Morgan fingerprint density at radius 3 is 1.85 bits per heavy atom. The lowest BCUT2D eigenvalue weighted by molar-refractivity contribution is 0.387. The van der Waals surface area contributed by atoms with E-state index in [2.05, 4.69) is 6.92 Å². The first-order chi connectivity index (χ1) is 9.86. The Kier molecular flexibility index (Phi) is 11.4. The van der Waals surface area contributed by atoms with E-state index in [0.29, 0.717) is 0 Å². The second kappa shape index (κ2) is 12.7. The van der Waals surface area contributed by atoms with Crippen LogP contribution in [0.4, 0.5) is 0 Å². The van der Waals surface area contributed by atoms with Gasteiger partial charge in [0.2, 0.25) is 0 Å². The Bertz CT molecular complexity index is 202. The molecule has 120 valence electrons. The predicted octanol–water partition coefficient (Wildman–Crippen LogP) is 6.06. The van der Waals surface area contributed by atoms with Crippen LogP contribution in [-0.2, 0) is 0 Å². The number of nitrogens with two attached hydrogens (primary N) is 1. The van der Waals surface area contributed by atoms with Crippen LogP contribution in [0.3, 0.4) is 0 Å². The molecule has 1 nitrogen and oxygen atoms in total. The number of rotatable bonds is 11. The maximum absolute atomic E-state index is 5.70. The topological polar surface area (TPSA) is 26.0 Å². The van der Waals surface area contributed by atoms with Crippen LogP contribution in [0, 0.1) is 11.8 Å². The molecule has 0 aromatic carbocycles. The largest absolute Gasteiger partial charge is 0.330 e. The van der Waals surface area contributed by atoms with Crippen LogP contribution in [0.5, 0.6) is 0 Å². The second-order valence-corrected chi connectivity index (χ2v) is 7.08. The Morgan fingerprint density at radius 1 is 0.700 bits per heavy atom. The van der Waals surface area contributed by atoms with Crippen LogP contribution in [0.15, 0.2) is 0 Å². The summed E-state index contributed by atoms with van der Waals surface area (Å²) >= 11 is 0. The van der Waals surface area contributed by atoms with Crippen molar-refractivity contribution < 1.29 is 0 Å². The van der Waals surface area contributed by atoms with Crippen LogP contribution in [-0.4, -0.2) is 6.54 Å². The lowest BCUT2D eigenvalue weighted by atomic mass is 9.92. The summed E-state index contributed by atoms with van der Waals surface area (Å²) in [6.45, 7) is 3.19. The molecule has 1 saturated carbocycles. The zero-order chi connectivity index (χ0) is 14.5. The zero-order valence-corrected chi connectivity index (χ0v) is 14.0. The van der Waals surface area contributed by atoms with Gasteiger partial charge in [0, 0.05) is 0 Å². The summed E-state index contributed by atoms with van der Waals surface area (Å²) in [5.74, 6) is 1.99. The molecule has 2 atom stereocenters. The zero-order valence-electron chi connectivity index (χ0n) is 14.0. The average molecular weight is 282 g/mol. The van der Waals surface area contributed by atoms with Crippen LogP contribution >= 0.6 is 0 Å². The summed E-state index contributed by atoms with van der Waals surface area (Å²) in [7, 11) is 0. The SMILES string of the molecule is CCCCCCCCCCC1CCCC(CCN)CC1. The third-order valence-corrected chi connectivity index (χ3v) is 5.25. The highest BCUT2D eigenvalue weighted by Gasteiger charge is 2.17. The molecule has 0 spiro atoms. The predicted molar refractivity (Wildman–Crippen MR) is 91.0 cm³/mol. The first kappa shape index (κ1) is 18.0. The van der Waals surface area contributed by atoms with Crippen molar-refractivity contribution in [2.75, 3.05) is 6.54 Å². The lowest BCUT2D eigenvalue weighted by Crippen LogP contribution is -2.08. The van der Waals surface area contributed by atoms with Gasteiger partial charge in [0.1, 0.15) is 0 Å². The Labute approximate surface area is 128 Å². The van der Waals surface area contributed by atoms with Crippen molar-refractivity contribution in [3.63, 3.8) is 0 Å². The van der Waals surface area contributed by atoms with E-state index in [9.17, 15) is 0 Å². The quantitative estimate of drug-likeness (QED) is 0.361. The molecule has 1 heteroatoms. The molecule has 2 N–H and O–H groups in total. The number of unbranched alkanes of at least 4 members (excludes halogenated alkanes) is 7. The molecule has 20 heavy (non-hydrogen) atoms. The summed E-state index contributed by atoms with van der Waals surface area (Å²) in [4.78, 5) is 0. The van der Waals surface area contributed by atoms with Gasteiger partial charge in [0.25, 0.3) is 0 Å². The van der Waals surface area contributed by atoms with Crippen LogP contribution in [0.1, 0.15) is 103 Å². The Balaban J connectivity index is 1.94. The number of hydrogen-bond acceptors (Lipinski definition) is 1. The van der Waals surface area contributed by atoms with E-state index in [1.165, 1.54) is 96.3 Å². The molecule has 1 aliphatic carbocycles. The van der Waals surface area contributed by atoms with E-state index in [0.717, 1.165) is 18.4 Å². The summed E-state index contributed by atoms with van der Waals surface area (Å²) in [6, 6.07) is 0. The van der Waals surface area contributed by atoms with Crippen molar-refractivity contribution >= 4 is 0 Å². The van der Waals surface area contributed by atoms with Crippen molar-refractivity contribution in [1.82, 2.24) is 0 Å². The fourth-order valence-corrected chi connectivity index (χ4v) is 3.84. The van der Waals surface area contributed by atoms with Gasteiger partial charge in [-0.3, -0.25) is 0 Å². The Morgan fingerprint density at radius 2 is 1.25 bits per heavy atom. The first-order valence-corrected chi connectivity index (χ1v) is 9.56. The minimum atomic E-state index is 0.896. The van der Waals surface area contributed by atoms with Gasteiger partial charge in [0.15, 0.2) is 0 Å². The van der Waals surface area contributed by atoms with E-state index in [4.69, 9.17) is 5.73 Å². The van der Waals surface area contributed by atoms with Crippen molar-refractivity contribution in [2.45, 2.75) is 103 Å². The highest BCUT2D eigenvalue weighted by atomic mass is 14.5. The standard InChI is InChI=1S/C19H39N/c1-2-3-4-5-6-7-8-9-11-18-12-10-13-19(15-14-18)16-17-20/h18-19H,2-17,20H2,1H3. The fraction of sp³-hybridized carbons (Fsp3) is 1.00. The van der Waals surface area contributed by atoms with Gasteiger partial charge in [-0.25, -0.2) is 0 Å². The van der Waals surface area contributed by atoms with Gasteiger partial charge in [-0.2, -0.15) is 0 Å². The van der Waals surface area contributed by atoms with Gasteiger partial charge in [-0.1, -0.05) is 96.8 Å². The summed E-state index contributed by atoms with van der Waals surface area (Å²) in [6.07, 6.45) is 21.8. The normalized spacial score (nSPS) is 23.7. The summed E-state index contributed by atoms with van der Waals surface area (Å²) in [5, 5.41) is 0. The molecular weight excluding hydrogens is 242 g/mol. The van der Waals surface area contributed by atoms with Gasteiger partial charge in [-0.05, 0) is 24.8 Å². The molecule has 0 bridgehead atoms.